The second-order valence-electron chi connectivity index (χ2n) is 7.31. The lowest BCUT2D eigenvalue weighted by Gasteiger charge is -2.41. The SMILES string of the molecule is CC(C)=CCC[C@@H](COC=O)[C@H]1CC[C@H]2C=CCC[C@@]21C. The number of ether oxygens (including phenoxy) is 1. The van der Waals surface area contributed by atoms with Crippen molar-refractivity contribution in [2.24, 2.45) is 23.2 Å². The van der Waals surface area contributed by atoms with Gasteiger partial charge in [0, 0.05) is 0 Å². The van der Waals surface area contributed by atoms with Gasteiger partial charge in [0.25, 0.3) is 6.47 Å². The van der Waals surface area contributed by atoms with Crippen molar-refractivity contribution in [2.45, 2.75) is 59.3 Å². The number of hydrogen-bond acceptors (Lipinski definition) is 2. The van der Waals surface area contributed by atoms with Gasteiger partial charge < -0.3 is 4.74 Å². The quantitative estimate of drug-likeness (QED) is 0.492. The average Bonchev–Trinajstić information content (AvgIpc) is 2.79. The second kappa shape index (κ2) is 7.29. The van der Waals surface area contributed by atoms with Crippen LogP contribution in [0.15, 0.2) is 23.8 Å². The van der Waals surface area contributed by atoms with Gasteiger partial charge in [-0.25, -0.2) is 0 Å². The van der Waals surface area contributed by atoms with E-state index < -0.39 is 0 Å². The van der Waals surface area contributed by atoms with Crippen molar-refractivity contribution in [1.82, 2.24) is 0 Å². The summed E-state index contributed by atoms with van der Waals surface area (Å²) in [6.45, 7) is 7.97. The first-order valence-electron chi connectivity index (χ1n) is 8.43. The molecule has 0 heterocycles. The first kappa shape index (κ1) is 16.3. The zero-order valence-corrected chi connectivity index (χ0v) is 13.8. The van der Waals surface area contributed by atoms with Crippen LogP contribution < -0.4 is 0 Å². The van der Waals surface area contributed by atoms with Gasteiger partial charge in [0.2, 0.25) is 0 Å². The molecular formula is C19H30O2. The minimum absolute atomic E-state index is 0.413. The molecular weight excluding hydrogens is 260 g/mol. The first-order chi connectivity index (χ1) is 10.1. The van der Waals surface area contributed by atoms with Crippen molar-refractivity contribution in [1.29, 1.82) is 0 Å². The molecule has 0 aliphatic heterocycles. The van der Waals surface area contributed by atoms with Crippen LogP contribution in [-0.4, -0.2) is 13.1 Å². The van der Waals surface area contributed by atoms with Crippen LogP contribution in [0.4, 0.5) is 0 Å². The Morgan fingerprint density at radius 1 is 1.43 bits per heavy atom. The van der Waals surface area contributed by atoms with Gasteiger partial charge in [-0.1, -0.05) is 30.7 Å². The van der Waals surface area contributed by atoms with E-state index in [1.807, 2.05) is 0 Å². The van der Waals surface area contributed by atoms with Gasteiger partial charge in [-0.05, 0) is 75.5 Å². The summed E-state index contributed by atoms with van der Waals surface area (Å²) in [5.74, 6) is 1.93. The van der Waals surface area contributed by atoms with Crippen LogP contribution in [0.5, 0.6) is 0 Å². The predicted octanol–water partition coefficient (Wildman–Crippen LogP) is 4.90. The maximum Gasteiger partial charge on any atom is 0.293 e. The van der Waals surface area contributed by atoms with Gasteiger partial charge in [-0.3, -0.25) is 4.79 Å². The Hall–Kier alpha value is -1.05. The Morgan fingerprint density at radius 2 is 2.24 bits per heavy atom. The lowest BCUT2D eigenvalue weighted by Crippen LogP contribution is -2.35. The van der Waals surface area contributed by atoms with Crippen LogP contribution in [-0.2, 0) is 9.53 Å². The summed E-state index contributed by atoms with van der Waals surface area (Å²) in [5.41, 5.74) is 1.79. The molecule has 0 bridgehead atoms. The topological polar surface area (TPSA) is 26.3 Å². The molecule has 0 aromatic heterocycles. The van der Waals surface area contributed by atoms with Crippen molar-refractivity contribution >= 4 is 6.47 Å². The predicted molar refractivity (Wildman–Crippen MR) is 86.9 cm³/mol. The van der Waals surface area contributed by atoms with E-state index in [0.717, 1.165) is 18.8 Å². The van der Waals surface area contributed by atoms with Crippen LogP contribution in [0.25, 0.3) is 0 Å². The minimum atomic E-state index is 0.413. The van der Waals surface area contributed by atoms with Crippen LogP contribution in [0, 0.1) is 23.2 Å². The summed E-state index contributed by atoms with van der Waals surface area (Å²) in [6.07, 6.45) is 14.4. The number of rotatable bonds is 7. The summed E-state index contributed by atoms with van der Waals surface area (Å²) in [4.78, 5) is 10.6. The molecule has 0 aromatic rings. The molecule has 2 rings (SSSR count). The molecule has 118 valence electrons. The van der Waals surface area contributed by atoms with E-state index in [2.05, 4.69) is 39.0 Å². The lowest BCUT2D eigenvalue weighted by atomic mass is 9.64. The molecule has 0 radical (unpaired) electrons. The van der Waals surface area contributed by atoms with Crippen molar-refractivity contribution in [3.8, 4) is 0 Å². The Kier molecular flexibility index (Phi) is 5.66. The zero-order chi connectivity index (χ0) is 15.3. The molecule has 2 nitrogen and oxygen atoms in total. The fourth-order valence-electron chi connectivity index (χ4n) is 4.56. The summed E-state index contributed by atoms with van der Waals surface area (Å²) >= 11 is 0. The number of fused-ring (bicyclic) bond motifs is 1. The first-order valence-corrected chi connectivity index (χ1v) is 8.43. The third-order valence-electron chi connectivity index (χ3n) is 5.74. The molecule has 0 unspecified atom stereocenters. The molecule has 0 N–H and O–H groups in total. The summed E-state index contributed by atoms with van der Waals surface area (Å²) in [7, 11) is 0. The summed E-state index contributed by atoms with van der Waals surface area (Å²) in [6, 6.07) is 0. The molecule has 21 heavy (non-hydrogen) atoms. The standard InChI is InChI=1S/C19H30O2/c1-15(2)7-6-8-16(13-21-14-20)18-11-10-17-9-4-5-12-19(17,18)3/h4,7,9,14,16-18H,5-6,8,10-13H2,1-3H3/t16-,17+,18+,19-/m0/s1. The van der Waals surface area contributed by atoms with Crippen molar-refractivity contribution < 1.29 is 9.53 Å². The van der Waals surface area contributed by atoms with Crippen LogP contribution >= 0.6 is 0 Å². The minimum Gasteiger partial charge on any atom is -0.468 e. The smallest absolute Gasteiger partial charge is 0.293 e. The highest BCUT2D eigenvalue weighted by Crippen LogP contribution is 2.56. The van der Waals surface area contributed by atoms with E-state index in [-0.39, 0.29) is 0 Å². The molecule has 1 fully saturated rings. The molecule has 0 aromatic carbocycles. The maximum atomic E-state index is 10.6. The zero-order valence-electron chi connectivity index (χ0n) is 13.8. The van der Waals surface area contributed by atoms with Crippen LogP contribution in [0.2, 0.25) is 0 Å². The third kappa shape index (κ3) is 3.78. The van der Waals surface area contributed by atoms with E-state index in [0.29, 0.717) is 30.3 Å². The fourth-order valence-corrected chi connectivity index (χ4v) is 4.56. The Balaban J connectivity index is 2.06. The third-order valence-corrected chi connectivity index (χ3v) is 5.74. The number of carbonyl (C=O) groups is 1. The van der Waals surface area contributed by atoms with E-state index in [1.165, 1.54) is 31.3 Å². The molecule has 1 saturated carbocycles. The maximum absolute atomic E-state index is 10.6. The Morgan fingerprint density at radius 3 is 2.95 bits per heavy atom. The van der Waals surface area contributed by atoms with Gasteiger partial charge >= 0.3 is 0 Å². The van der Waals surface area contributed by atoms with Gasteiger partial charge in [0.15, 0.2) is 0 Å². The molecule has 0 spiro atoms. The van der Waals surface area contributed by atoms with E-state index >= 15 is 0 Å². The van der Waals surface area contributed by atoms with Gasteiger partial charge in [-0.15, -0.1) is 0 Å². The lowest BCUT2D eigenvalue weighted by molar-refractivity contribution is -0.131. The normalized spacial score (nSPS) is 32.3. The van der Waals surface area contributed by atoms with Crippen molar-refractivity contribution in [2.75, 3.05) is 6.61 Å². The van der Waals surface area contributed by atoms with E-state index in [1.54, 1.807) is 0 Å². The van der Waals surface area contributed by atoms with Gasteiger partial charge in [0.05, 0.1) is 6.61 Å². The molecule has 2 aliphatic rings. The summed E-state index contributed by atoms with van der Waals surface area (Å²) in [5, 5.41) is 0. The fraction of sp³-hybridized carbons (Fsp3) is 0.737. The Bertz CT molecular complexity index is 406. The van der Waals surface area contributed by atoms with Gasteiger partial charge in [0.1, 0.15) is 0 Å². The number of hydrogen-bond donors (Lipinski definition) is 0. The van der Waals surface area contributed by atoms with E-state index in [9.17, 15) is 4.79 Å². The van der Waals surface area contributed by atoms with Crippen LogP contribution in [0.1, 0.15) is 59.3 Å². The molecule has 2 heteroatoms. The van der Waals surface area contributed by atoms with E-state index in [4.69, 9.17) is 4.74 Å². The molecule has 0 amide bonds. The molecule has 4 atom stereocenters. The van der Waals surface area contributed by atoms with Crippen LogP contribution in [0.3, 0.4) is 0 Å². The average molecular weight is 290 g/mol. The largest absolute Gasteiger partial charge is 0.468 e. The van der Waals surface area contributed by atoms with Crippen molar-refractivity contribution in [3.05, 3.63) is 23.8 Å². The number of carbonyl (C=O) groups excluding carboxylic acids is 1. The summed E-state index contributed by atoms with van der Waals surface area (Å²) < 4.78 is 5.17. The molecule has 0 saturated heterocycles. The van der Waals surface area contributed by atoms with Gasteiger partial charge in [-0.2, -0.15) is 0 Å². The number of allylic oxidation sites excluding steroid dienone is 4. The monoisotopic (exact) mass is 290 g/mol. The van der Waals surface area contributed by atoms with Crippen molar-refractivity contribution in [3.63, 3.8) is 0 Å². The second-order valence-corrected chi connectivity index (χ2v) is 7.31. The Labute approximate surface area is 129 Å². The highest BCUT2D eigenvalue weighted by Gasteiger charge is 2.48. The molecule has 2 aliphatic carbocycles. The highest BCUT2D eigenvalue weighted by molar-refractivity contribution is 5.36. The highest BCUT2D eigenvalue weighted by atomic mass is 16.5.